The number of carbonyl (C=O) groups excluding carboxylic acids is 1. The summed E-state index contributed by atoms with van der Waals surface area (Å²) in [6.45, 7) is 2.63. The number of amides is 1. The summed E-state index contributed by atoms with van der Waals surface area (Å²) in [5, 5.41) is 2.80. The van der Waals surface area contributed by atoms with Gasteiger partial charge in [-0.2, -0.15) is 4.31 Å². The Balaban J connectivity index is 1.90. The molecule has 1 saturated carbocycles. The number of benzene rings is 1. The molecule has 1 aliphatic rings. The number of carbonyl (C=O) groups is 1. The fourth-order valence-corrected chi connectivity index (χ4v) is 4.07. The number of aryl methyl sites for hydroxylation is 1. The summed E-state index contributed by atoms with van der Waals surface area (Å²) in [7, 11) is -3.23. The minimum absolute atomic E-state index is 0.0891. The molecule has 1 fully saturated rings. The van der Waals surface area contributed by atoms with Crippen molar-refractivity contribution in [2.75, 3.05) is 19.3 Å². The Labute approximate surface area is 132 Å². The van der Waals surface area contributed by atoms with Gasteiger partial charge >= 0.3 is 0 Å². The lowest BCUT2D eigenvalue weighted by molar-refractivity contribution is 0.0950. The van der Waals surface area contributed by atoms with Gasteiger partial charge in [0.1, 0.15) is 0 Å². The predicted octanol–water partition coefficient (Wildman–Crippen LogP) is 1.93. The maximum absolute atomic E-state index is 12.0. The Morgan fingerprint density at radius 3 is 2.36 bits per heavy atom. The molecule has 0 bridgehead atoms. The van der Waals surface area contributed by atoms with Crippen molar-refractivity contribution in [3.8, 4) is 0 Å². The van der Waals surface area contributed by atoms with Gasteiger partial charge in [-0.1, -0.05) is 30.5 Å². The van der Waals surface area contributed by atoms with Crippen molar-refractivity contribution < 1.29 is 13.2 Å². The molecule has 122 valence electrons. The minimum atomic E-state index is -3.23. The van der Waals surface area contributed by atoms with E-state index in [2.05, 4.69) is 5.32 Å². The van der Waals surface area contributed by atoms with E-state index in [1.807, 2.05) is 19.1 Å². The molecule has 0 unspecified atom stereocenters. The van der Waals surface area contributed by atoms with Gasteiger partial charge in [-0.05, 0) is 31.9 Å². The summed E-state index contributed by atoms with van der Waals surface area (Å²) < 4.78 is 25.4. The Bertz CT molecular complexity index is 605. The van der Waals surface area contributed by atoms with Gasteiger partial charge in [0, 0.05) is 24.7 Å². The highest BCUT2D eigenvalue weighted by Gasteiger charge is 2.28. The molecule has 0 atom stereocenters. The minimum Gasteiger partial charge on any atom is -0.351 e. The van der Waals surface area contributed by atoms with Crippen LogP contribution in [-0.4, -0.2) is 44.0 Å². The molecule has 0 spiro atoms. The topological polar surface area (TPSA) is 66.5 Å². The maximum atomic E-state index is 12.0. The molecule has 1 amide bonds. The SMILES string of the molecule is Cc1ccc(C(=O)NCCN(C2CCCC2)S(C)(=O)=O)cc1. The lowest BCUT2D eigenvalue weighted by Gasteiger charge is -2.26. The third-order valence-electron chi connectivity index (χ3n) is 4.09. The fourth-order valence-electron chi connectivity index (χ4n) is 2.90. The zero-order valence-corrected chi connectivity index (χ0v) is 14.0. The largest absolute Gasteiger partial charge is 0.351 e. The van der Waals surface area contributed by atoms with Crippen LogP contribution >= 0.6 is 0 Å². The van der Waals surface area contributed by atoms with Crippen molar-refractivity contribution in [1.29, 1.82) is 0 Å². The van der Waals surface area contributed by atoms with Crippen LogP contribution in [0.5, 0.6) is 0 Å². The molecule has 22 heavy (non-hydrogen) atoms. The first-order chi connectivity index (χ1) is 10.4. The lowest BCUT2D eigenvalue weighted by atomic mass is 10.1. The van der Waals surface area contributed by atoms with E-state index in [9.17, 15) is 13.2 Å². The Morgan fingerprint density at radius 2 is 1.82 bits per heavy atom. The summed E-state index contributed by atoms with van der Waals surface area (Å²) in [6, 6.07) is 7.41. The standard InChI is InChI=1S/C16H24N2O3S/c1-13-7-9-14(10-8-13)16(19)17-11-12-18(22(2,20)21)15-5-3-4-6-15/h7-10,15H,3-6,11-12H2,1-2H3,(H,17,19). The van der Waals surface area contributed by atoms with Crippen LogP contribution in [0, 0.1) is 6.92 Å². The molecule has 1 aliphatic carbocycles. The van der Waals surface area contributed by atoms with Gasteiger partial charge in [-0.25, -0.2) is 8.42 Å². The number of nitrogens with one attached hydrogen (secondary N) is 1. The molecule has 6 heteroatoms. The monoisotopic (exact) mass is 324 g/mol. The molecule has 0 saturated heterocycles. The first-order valence-electron chi connectivity index (χ1n) is 7.69. The molecule has 1 aromatic rings. The highest BCUT2D eigenvalue weighted by Crippen LogP contribution is 2.24. The van der Waals surface area contributed by atoms with Crippen LogP contribution in [0.15, 0.2) is 24.3 Å². The maximum Gasteiger partial charge on any atom is 0.251 e. The van der Waals surface area contributed by atoms with Crippen molar-refractivity contribution in [3.05, 3.63) is 35.4 Å². The van der Waals surface area contributed by atoms with Crippen LogP contribution in [0.25, 0.3) is 0 Å². The molecule has 0 aliphatic heterocycles. The molecule has 2 rings (SSSR count). The van der Waals surface area contributed by atoms with E-state index in [-0.39, 0.29) is 11.9 Å². The second-order valence-corrected chi connectivity index (χ2v) is 7.87. The molecule has 1 N–H and O–H groups in total. The zero-order chi connectivity index (χ0) is 16.2. The van der Waals surface area contributed by atoms with E-state index in [0.29, 0.717) is 18.7 Å². The second-order valence-electron chi connectivity index (χ2n) is 5.93. The number of hydrogen-bond acceptors (Lipinski definition) is 3. The van der Waals surface area contributed by atoms with Crippen molar-refractivity contribution in [2.45, 2.75) is 38.6 Å². The summed E-state index contributed by atoms with van der Waals surface area (Å²) in [5.74, 6) is -0.167. The average Bonchev–Trinajstić information content (AvgIpc) is 2.96. The average molecular weight is 324 g/mol. The van der Waals surface area contributed by atoms with Crippen molar-refractivity contribution in [3.63, 3.8) is 0 Å². The van der Waals surface area contributed by atoms with E-state index < -0.39 is 10.0 Å². The van der Waals surface area contributed by atoms with Gasteiger partial charge < -0.3 is 5.32 Å². The molecule has 0 radical (unpaired) electrons. The second kappa shape index (κ2) is 7.24. The highest BCUT2D eigenvalue weighted by atomic mass is 32.2. The number of hydrogen-bond donors (Lipinski definition) is 1. The van der Waals surface area contributed by atoms with Gasteiger partial charge in [0.15, 0.2) is 0 Å². The molecular weight excluding hydrogens is 300 g/mol. The van der Waals surface area contributed by atoms with E-state index in [0.717, 1.165) is 31.2 Å². The number of nitrogens with zero attached hydrogens (tertiary/aromatic N) is 1. The van der Waals surface area contributed by atoms with E-state index in [4.69, 9.17) is 0 Å². The van der Waals surface area contributed by atoms with Gasteiger partial charge in [0.05, 0.1) is 6.26 Å². The highest BCUT2D eigenvalue weighted by molar-refractivity contribution is 7.88. The molecule has 0 heterocycles. The van der Waals surface area contributed by atoms with Crippen molar-refractivity contribution >= 4 is 15.9 Å². The van der Waals surface area contributed by atoms with Gasteiger partial charge in [-0.3, -0.25) is 4.79 Å². The van der Waals surface area contributed by atoms with Gasteiger partial charge in [0.2, 0.25) is 10.0 Å². The zero-order valence-electron chi connectivity index (χ0n) is 13.2. The van der Waals surface area contributed by atoms with Crippen molar-refractivity contribution in [2.24, 2.45) is 0 Å². The van der Waals surface area contributed by atoms with Crippen LogP contribution in [-0.2, 0) is 10.0 Å². The Hall–Kier alpha value is -1.40. The van der Waals surface area contributed by atoms with Gasteiger partial charge in [-0.15, -0.1) is 0 Å². The summed E-state index contributed by atoms with van der Waals surface area (Å²) >= 11 is 0. The van der Waals surface area contributed by atoms with Gasteiger partial charge in [0.25, 0.3) is 5.91 Å². The van der Waals surface area contributed by atoms with E-state index in [1.54, 1.807) is 12.1 Å². The van der Waals surface area contributed by atoms with E-state index in [1.165, 1.54) is 10.6 Å². The number of rotatable bonds is 6. The van der Waals surface area contributed by atoms with Crippen LogP contribution in [0.3, 0.4) is 0 Å². The quantitative estimate of drug-likeness (QED) is 0.869. The molecule has 1 aromatic carbocycles. The van der Waals surface area contributed by atoms with Crippen LogP contribution in [0.2, 0.25) is 0 Å². The third kappa shape index (κ3) is 4.55. The summed E-state index contributed by atoms with van der Waals surface area (Å²) in [4.78, 5) is 12.0. The fraction of sp³-hybridized carbons (Fsp3) is 0.562. The lowest BCUT2D eigenvalue weighted by Crippen LogP contribution is -2.43. The normalized spacial score (nSPS) is 16.1. The first-order valence-corrected chi connectivity index (χ1v) is 9.54. The number of sulfonamides is 1. The molecule has 0 aromatic heterocycles. The molecule has 5 nitrogen and oxygen atoms in total. The smallest absolute Gasteiger partial charge is 0.251 e. The van der Waals surface area contributed by atoms with Crippen molar-refractivity contribution in [1.82, 2.24) is 9.62 Å². The van der Waals surface area contributed by atoms with Crippen LogP contribution in [0.1, 0.15) is 41.6 Å². The first kappa shape index (κ1) is 17.0. The van der Waals surface area contributed by atoms with E-state index >= 15 is 0 Å². The summed E-state index contributed by atoms with van der Waals surface area (Å²) in [5.41, 5.74) is 1.69. The predicted molar refractivity (Wildman–Crippen MR) is 87.3 cm³/mol. The van der Waals surface area contributed by atoms with Crippen LogP contribution < -0.4 is 5.32 Å². The summed E-state index contributed by atoms with van der Waals surface area (Å²) in [6.07, 6.45) is 5.23. The Morgan fingerprint density at radius 1 is 1.23 bits per heavy atom. The Kier molecular flexibility index (Phi) is 5.58. The third-order valence-corrected chi connectivity index (χ3v) is 5.42. The molecular formula is C16H24N2O3S. The van der Waals surface area contributed by atoms with Crippen LogP contribution in [0.4, 0.5) is 0 Å².